The molecule has 0 aliphatic rings. The van der Waals surface area contributed by atoms with Crippen LogP contribution in [-0.2, 0) is 14.8 Å². The minimum Gasteiger partial charge on any atom is -0.383 e. The summed E-state index contributed by atoms with van der Waals surface area (Å²) in [5, 5.41) is -0.0470. The number of nitrogens with one attached hydrogen (secondary N) is 1. The van der Waals surface area contributed by atoms with E-state index in [1.807, 2.05) is 0 Å². The first-order chi connectivity index (χ1) is 8.56. The average molecular weight is 270 g/mol. The van der Waals surface area contributed by atoms with Crippen molar-refractivity contribution < 1.29 is 13.2 Å². The smallest absolute Gasteiger partial charge is 0.260 e. The van der Waals surface area contributed by atoms with E-state index >= 15 is 0 Å². The van der Waals surface area contributed by atoms with Crippen LogP contribution in [0.15, 0.2) is 29.4 Å². The van der Waals surface area contributed by atoms with Crippen LogP contribution in [0.3, 0.4) is 0 Å². The van der Waals surface area contributed by atoms with E-state index in [1.54, 1.807) is 24.4 Å². The molecule has 0 atom stereocenters. The van der Waals surface area contributed by atoms with Crippen LogP contribution in [-0.4, -0.2) is 38.1 Å². The van der Waals surface area contributed by atoms with Crippen molar-refractivity contribution in [1.29, 1.82) is 0 Å². The van der Waals surface area contributed by atoms with Crippen LogP contribution in [0.25, 0.3) is 5.65 Å². The summed E-state index contributed by atoms with van der Waals surface area (Å²) in [6.45, 7) is 0.466. The van der Waals surface area contributed by atoms with Crippen LogP contribution in [0.1, 0.15) is 0 Å². The van der Waals surface area contributed by atoms with E-state index in [9.17, 15) is 8.42 Å². The highest BCUT2D eigenvalue weighted by molar-refractivity contribution is 7.89. The maximum atomic E-state index is 12.1. The predicted octanol–water partition coefficient (Wildman–Crippen LogP) is -0.159. The molecule has 2 aromatic heterocycles. The van der Waals surface area contributed by atoms with Gasteiger partial charge in [-0.1, -0.05) is 6.07 Å². The second-order valence-corrected chi connectivity index (χ2v) is 5.30. The molecular formula is C10H14N4O3S. The molecule has 0 bridgehead atoms. The number of aromatic nitrogens is 2. The normalized spacial score (nSPS) is 12.1. The molecule has 2 aromatic rings. The van der Waals surface area contributed by atoms with Gasteiger partial charge in [0.1, 0.15) is 5.65 Å². The molecule has 8 heteroatoms. The number of nitrogens with two attached hydrogens (primary N) is 1. The third kappa shape index (κ3) is 2.30. The zero-order valence-electron chi connectivity index (χ0n) is 9.83. The lowest BCUT2D eigenvalue weighted by Gasteiger charge is -2.06. The molecule has 0 saturated carbocycles. The first-order valence-corrected chi connectivity index (χ1v) is 6.76. The van der Waals surface area contributed by atoms with Crippen LogP contribution < -0.4 is 10.5 Å². The van der Waals surface area contributed by atoms with Gasteiger partial charge in [-0.2, -0.15) is 0 Å². The Bertz CT molecular complexity index is 650. The fraction of sp³-hybridized carbons (Fsp3) is 0.300. The van der Waals surface area contributed by atoms with E-state index in [0.29, 0.717) is 5.65 Å². The summed E-state index contributed by atoms with van der Waals surface area (Å²) in [4.78, 5) is 4.00. The lowest BCUT2D eigenvalue weighted by molar-refractivity contribution is 0.204. The highest BCUT2D eigenvalue weighted by Gasteiger charge is 2.23. The lowest BCUT2D eigenvalue weighted by Crippen LogP contribution is -2.28. The highest BCUT2D eigenvalue weighted by Crippen LogP contribution is 2.19. The summed E-state index contributed by atoms with van der Waals surface area (Å²) in [6, 6.07) is 5.16. The second kappa shape index (κ2) is 4.92. The molecule has 0 unspecified atom stereocenters. The molecule has 0 amide bonds. The zero-order chi connectivity index (χ0) is 13.2. The van der Waals surface area contributed by atoms with Crippen LogP contribution in [0.5, 0.6) is 0 Å². The quantitative estimate of drug-likeness (QED) is 0.736. The van der Waals surface area contributed by atoms with Crippen molar-refractivity contribution in [3.05, 3.63) is 24.4 Å². The van der Waals surface area contributed by atoms with Crippen molar-refractivity contribution in [2.45, 2.75) is 5.03 Å². The van der Waals surface area contributed by atoms with Crippen LogP contribution in [0.4, 0.5) is 5.82 Å². The molecule has 0 aliphatic heterocycles. The van der Waals surface area contributed by atoms with Crippen molar-refractivity contribution in [3.63, 3.8) is 0 Å². The summed E-state index contributed by atoms with van der Waals surface area (Å²) in [5.74, 6) is -0.0221. The summed E-state index contributed by atoms with van der Waals surface area (Å²) in [5.41, 5.74) is 6.15. The van der Waals surface area contributed by atoms with Crippen molar-refractivity contribution >= 4 is 21.5 Å². The van der Waals surface area contributed by atoms with Gasteiger partial charge >= 0.3 is 0 Å². The number of pyridine rings is 1. The monoisotopic (exact) mass is 270 g/mol. The topological polar surface area (TPSA) is 98.7 Å². The van der Waals surface area contributed by atoms with Crippen molar-refractivity contribution in [2.75, 3.05) is 26.0 Å². The first kappa shape index (κ1) is 12.8. The largest absolute Gasteiger partial charge is 0.383 e. The van der Waals surface area contributed by atoms with E-state index in [2.05, 4.69) is 9.71 Å². The lowest BCUT2D eigenvalue weighted by atomic mass is 10.5. The first-order valence-electron chi connectivity index (χ1n) is 5.27. The van der Waals surface area contributed by atoms with Gasteiger partial charge in [0.25, 0.3) is 10.0 Å². The number of imidazole rings is 1. The van der Waals surface area contributed by atoms with Gasteiger partial charge in [0, 0.05) is 19.9 Å². The number of nitrogen functional groups attached to an aromatic ring is 1. The molecule has 7 nitrogen and oxygen atoms in total. The number of ether oxygens (including phenoxy) is 1. The van der Waals surface area contributed by atoms with E-state index < -0.39 is 10.0 Å². The fourth-order valence-electron chi connectivity index (χ4n) is 1.61. The number of hydrogen-bond acceptors (Lipinski definition) is 5. The van der Waals surface area contributed by atoms with E-state index in [4.69, 9.17) is 10.5 Å². The number of hydrogen-bond donors (Lipinski definition) is 2. The van der Waals surface area contributed by atoms with Gasteiger partial charge in [-0.3, -0.25) is 4.40 Å². The Morgan fingerprint density at radius 3 is 3.00 bits per heavy atom. The van der Waals surface area contributed by atoms with Gasteiger partial charge in [-0.25, -0.2) is 18.1 Å². The Hall–Kier alpha value is -1.64. The molecule has 0 spiro atoms. The Kier molecular flexibility index (Phi) is 3.50. The number of rotatable bonds is 5. The molecule has 98 valence electrons. The molecular weight excluding hydrogens is 256 g/mol. The Balaban J connectivity index is 2.43. The SMILES string of the molecule is COCCNS(=O)(=O)c1c(N)nc2ccccn12. The van der Waals surface area contributed by atoms with Crippen LogP contribution in [0.2, 0.25) is 0 Å². The van der Waals surface area contributed by atoms with Gasteiger partial charge in [0.2, 0.25) is 0 Å². The fourth-order valence-corrected chi connectivity index (χ4v) is 2.83. The molecule has 2 rings (SSSR count). The van der Waals surface area contributed by atoms with Gasteiger partial charge in [0.15, 0.2) is 10.8 Å². The Morgan fingerprint density at radius 1 is 1.50 bits per heavy atom. The minimum atomic E-state index is -3.70. The zero-order valence-corrected chi connectivity index (χ0v) is 10.6. The molecule has 0 aromatic carbocycles. The van der Waals surface area contributed by atoms with E-state index in [-0.39, 0.29) is 24.0 Å². The number of methoxy groups -OCH3 is 1. The maximum absolute atomic E-state index is 12.1. The Labute approximate surface area is 105 Å². The third-order valence-electron chi connectivity index (χ3n) is 2.36. The number of nitrogens with zero attached hydrogens (tertiary/aromatic N) is 2. The number of fused-ring (bicyclic) bond motifs is 1. The average Bonchev–Trinajstić information content (AvgIpc) is 2.65. The van der Waals surface area contributed by atoms with Gasteiger partial charge < -0.3 is 10.5 Å². The van der Waals surface area contributed by atoms with Gasteiger partial charge in [-0.15, -0.1) is 0 Å². The standard InChI is InChI=1S/C10H14N4O3S/c1-17-7-5-12-18(15,16)10-9(11)13-8-4-2-3-6-14(8)10/h2-4,6,12H,5,7,11H2,1H3. The van der Waals surface area contributed by atoms with Crippen LogP contribution >= 0.6 is 0 Å². The van der Waals surface area contributed by atoms with E-state index in [1.165, 1.54) is 11.5 Å². The molecule has 0 aliphatic carbocycles. The van der Waals surface area contributed by atoms with Crippen molar-refractivity contribution in [2.24, 2.45) is 0 Å². The highest BCUT2D eigenvalue weighted by atomic mass is 32.2. The minimum absolute atomic E-state index is 0.0221. The second-order valence-electron chi connectivity index (χ2n) is 3.62. The summed E-state index contributed by atoms with van der Waals surface area (Å²) >= 11 is 0. The third-order valence-corrected chi connectivity index (χ3v) is 3.86. The van der Waals surface area contributed by atoms with Crippen molar-refractivity contribution in [3.8, 4) is 0 Å². The van der Waals surface area contributed by atoms with Crippen LogP contribution in [0, 0.1) is 0 Å². The molecule has 0 radical (unpaired) electrons. The predicted molar refractivity (Wildman–Crippen MR) is 66.7 cm³/mol. The summed E-state index contributed by atoms with van der Waals surface area (Å²) < 4.78 is 32.8. The molecule has 0 saturated heterocycles. The Morgan fingerprint density at radius 2 is 2.28 bits per heavy atom. The molecule has 3 N–H and O–H groups in total. The molecule has 18 heavy (non-hydrogen) atoms. The van der Waals surface area contributed by atoms with Gasteiger partial charge in [0.05, 0.1) is 6.61 Å². The molecule has 0 fully saturated rings. The van der Waals surface area contributed by atoms with E-state index in [0.717, 1.165) is 0 Å². The van der Waals surface area contributed by atoms with Gasteiger partial charge in [-0.05, 0) is 12.1 Å². The van der Waals surface area contributed by atoms with Crippen molar-refractivity contribution in [1.82, 2.24) is 14.1 Å². The number of anilines is 1. The maximum Gasteiger partial charge on any atom is 0.260 e. The molecule has 2 heterocycles. The summed E-state index contributed by atoms with van der Waals surface area (Å²) in [7, 11) is -2.20. The number of sulfonamides is 1. The summed E-state index contributed by atoms with van der Waals surface area (Å²) in [6.07, 6.45) is 1.60.